The van der Waals surface area contributed by atoms with Crippen molar-refractivity contribution in [2.45, 2.75) is 46.3 Å². The second-order valence-corrected chi connectivity index (χ2v) is 13.3. The molecule has 5 heterocycles. The maximum absolute atomic E-state index is 13.0. The van der Waals surface area contributed by atoms with Crippen molar-refractivity contribution in [3.05, 3.63) is 66.2 Å². The number of hydrogen-bond donors (Lipinski definition) is 3. The van der Waals surface area contributed by atoms with E-state index in [4.69, 9.17) is 14.5 Å². The maximum Gasteiger partial charge on any atom is 0.320 e. The second kappa shape index (κ2) is 14.9. The van der Waals surface area contributed by atoms with Crippen LogP contribution in [-0.4, -0.2) is 98.3 Å². The number of carbonyl (C=O) groups excluding carboxylic acids is 1. The molecule has 6 rings (SSSR count). The molecule has 0 saturated carbocycles. The Morgan fingerprint density at radius 2 is 1.68 bits per heavy atom. The van der Waals surface area contributed by atoms with Crippen molar-refractivity contribution >= 4 is 34.6 Å². The Morgan fingerprint density at radius 1 is 0.920 bits per heavy atom. The number of aromatic nitrogens is 7. The van der Waals surface area contributed by atoms with Gasteiger partial charge in [-0.3, -0.25) is 14.9 Å². The van der Waals surface area contributed by atoms with E-state index < -0.39 is 11.6 Å². The number of ether oxygens (including phenoxy) is 2. The highest BCUT2D eigenvalue weighted by atomic mass is 16.5. The number of urea groups is 1. The lowest BCUT2D eigenvalue weighted by atomic mass is 10.0. The number of nitrogens with zero attached hydrogens (tertiary/aromatic N) is 9. The third-order valence-electron chi connectivity index (χ3n) is 8.20. The fraction of sp³-hybridized carbons (Fsp3) is 0.400. The molecule has 0 spiro atoms. The number of rotatable bonds is 11. The van der Waals surface area contributed by atoms with Gasteiger partial charge in [-0.2, -0.15) is 4.98 Å². The van der Waals surface area contributed by atoms with Crippen molar-refractivity contribution in [1.29, 1.82) is 0 Å². The number of fused-ring (bicyclic) bond motifs is 1. The average molecular weight is 681 g/mol. The number of pyridine rings is 2. The zero-order chi connectivity index (χ0) is 35.3. The number of hydrogen-bond acceptors (Lipinski definition) is 12. The Labute approximate surface area is 291 Å². The van der Waals surface area contributed by atoms with Gasteiger partial charge in [-0.05, 0) is 63.1 Å². The first-order chi connectivity index (χ1) is 24.0. The molecule has 5 aromatic rings. The van der Waals surface area contributed by atoms with Gasteiger partial charge in [-0.15, -0.1) is 5.10 Å². The Bertz CT molecular complexity index is 1910. The van der Waals surface area contributed by atoms with Gasteiger partial charge in [-0.1, -0.05) is 11.3 Å². The van der Waals surface area contributed by atoms with Crippen LogP contribution in [0.4, 0.5) is 22.4 Å². The maximum atomic E-state index is 13.0. The van der Waals surface area contributed by atoms with E-state index in [0.29, 0.717) is 46.4 Å². The van der Waals surface area contributed by atoms with Crippen LogP contribution in [0.3, 0.4) is 0 Å². The Hall–Kier alpha value is -5.57. The van der Waals surface area contributed by atoms with Gasteiger partial charge in [0.2, 0.25) is 5.95 Å². The predicted molar refractivity (Wildman–Crippen MR) is 193 cm³/mol. The fourth-order valence-electron chi connectivity index (χ4n) is 5.60. The number of nitrogens with one attached hydrogen (secondary N) is 3. The van der Waals surface area contributed by atoms with Crippen LogP contribution in [0.2, 0.25) is 0 Å². The summed E-state index contributed by atoms with van der Waals surface area (Å²) < 4.78 is 12.8. The topological polar surface area (TPSA) is 160 Å². The number of piperazine rings is 1. The van der Waals surface area contributed by atoms with E-state index in [1.807, 2.05) is 56.0 Å². The first-order valence-electron chi connectivity index (χ1n) is 16.6. The van der Waals surface area contributed by atoms with Crippen LogP contribution in [0, 0.1) is 6.92 Å². The summed E-state index contributed by atoms with van der Waals surface area (Å²) in [7, 11) is 3.17. The molecule has 3 N–H and O–H groups in total. The lowest BCUT2D eigenvalue weighted by molar-refractivity contribution is 0.243. The molecule has 1 saturated heterocycles. The minimum atomic E-state index is -0.448. The summed E-state index contributed by atoms with van der Waals surface area (Å²) in [6, 6.07) is 11.2. The van der Waals surface area contributed by atoms with Gasteiger partial charge >= 0.3 is 6.03 Å². The predicted octanol–water partition coefficient (Wildman–Crippen LogP) is 4.36. The van der Waals surface area contributed by atoms with E-state index in [9.17, 15) is 4.79 Å². The summed E-state index contributed by atoms with van der Waals surface area (Å²) >= 11 is 0. The Morgan fingerprint density at radius 3 is 2.36 bits per heavy atom. The van der Waals surface area contributed by atoms with Crippen molar-refractivity contribution in [3.8, 4) is 22.6 Å². The van der Waals surface area contributed by atoms with Gasteiger partial charge < -0.3 is 25.0 Å². The molecule has 0 radical (unpaired) electrons. The van der Waals surface area contributed by atoms with Crippen LogP contribution in [0.25, 0.3) is 22.2 Å². The van der Waals surface area contributed by atoms with E-state index in [1.165, 1.54) is 5.56 Å². The number of benzene rings is 1. The molecular weight excluding hydrogens is 636 g/mol. The van der Waals surface area contributed by atoms with Crippen LogP contribution in [0.1, 0.15) is 32.0 Å². The van der Waals surface area contributed by atoms with Gasteiger partial charge in [-0.25, -0.2) is 19.7 Å². The third kappa shape index (κ3) is 8.71. The quantitative estimate of drug-likeness (QED) is 0.181. The van der Waals surface area contributed by atoms with Crippen LogP contribution in [0.15, 0.2) is 55.0 Å². The smallest absolute Gasteiger partial charge is 0.320 e. The summed E-state index contributed by atoms with van der Waals surface area (Å²) in [5, 5.41) is 18.4. The monoisotopic (exact) mass is 680 g/mol. The van der Waals surface area contributed by atoms with E-state index in [0.717, 1.165) is 56.3 Å². The summed E-state index contributed by atoms with van der Waals surface area (Å²) in [6.45, 7) is 13.6. The molecule has 1 aliphatic rings. The fourth-order valence-corrected chi connectivity index (χ4v) is 5.60. The van der Waals surface area contributed by atoms with Crippen LogP contribution >= 0.6 is 0 Å². The SMILES string of the molecule is COc1cc(OC)cc(-c2cc3cnc(NCc4cn(CCN5CCN(c6ccc(C)cn6)CC5)nn4)nc3nc2NC(=O)NC(C)(C)C)c1. The number of methoxy groups -OCH3 is 2. The number of anilines is 3. The average Bonchev–Trinajstić information content (AvgIpc) is 3.56. The highest BCUT2D eigenvalue weighted by Crippen LogP contribution is 2.35. The van der Waals surface area contributed by atoms with Gasteiger partial charge in [0, 0.05) is 67.7 Å². The molecule has 0 bridgehead atoms. The molecule has 0 atom stereocenters. The highest BCUT2D eigenvalue weighted by Gasteiger charge is 2.20. The van der Waals surface area contributed by atoms with Crippen LogP contribution in [0.5, 0.6) is 11.5 Å². The zero-order valence-corrected chi connectivity index (χ0v) is 29.4. The molecule has 0 aliphatic carbocycles. The molecule has 262 valence electrons. The lowest BCUT2D eigenvalue weighted by Crippen LogP contribution is -2.47. The normalized spacial score (nSPS) is 13.7. The lowest BCUT2D eigenvalue weighted by Gasteiger charge is -2.35. The highest BCUT2D eigenvalue weighted by molar-refractivity contribution is 5.96. The number of carbonyl (C=O) groups is 1. The van der Waals surface area contributed by atoms with Gasteiger partial charge in [0.15, 0.2) is 5.65 Å². The van der Waals surface area contributed by atoms with Crippen molar-refractivity contribution in [2.24, 2.45) is 0 Å². The van der Waals surface area contributed by atoms with E-state index in [1.54, 1.807) is 26.5 Å². The van der Waals surface area contributed by atoms with Crippen molar-refractivity contribution < 1.29 is 14.3 Å². The first kappa shape index (κ1) is 34.3. The molecule has 2 amide bonds. The first-order valence-corrected chi connectivity index (χ1v) is 16.6. The van der Waals surface area contributed by atoms with E-state index in [-0.39, 0.29) is 0 Å². The molecule has 1 aromatic carbocycles. The minimum absolute atomic E-state index is 0.329. The Balaban J connectivity index is 1.11. The molecule has 4 aromatic heterocycles. The second-order valence-electron chi connectivity index (χ2n) is 13.3. The van der Waals surface area contributed by atoms with Gasteiger partial charge in [0.05, 0.1) is 33.5 Å². The molecule has 15 heteroatoms. The van der Waals surface area contributed by atoms with Crippen molar-refractivity contribution in [3.63, 3.8) is 0 Å². The standard InChI is InChI=1S/C35H44N12O3/c1-23-7-8-30(36-19-23)46-12-9-45(10-13-46)11-14-47-22-26(43-44-47)21-38-33-37-20-25-17-29(24-15-27(49-5)18-28(16-24)50-6)32(39-31(25)40-33)41-34(48)42-35(2,3)4/h7-8,15-20,22H,9-14,21H2,1-6H3,(H3,37,38,39,40,41,42,48). The molecule has 15 nitrogen and oxygen atoms in total. The zero-order valence-electron chi connectivity index (χ0n) is 29.4. The molecule has 50 heavy (non-hydrogen) atoms. The Kier molecular flexibility index (Phi) is 10.2. The number of amides is 2. The van der Waals surface area contributed by atoms with Gasteiger partial charge in [0.1, 0.15) is 28.8 Å². The van der Waals surface area contributed by atoms with Crippen molar-refractivity contribution in [2.75, 3.05) is 62.5 Å². The molecule has 1 fully saturated rings. The van der Waals surface area contributed by atoms with Crippen LogP contribution < -0.4 is 30.3 Å². The molecule has 0 unspecified atom stereocenters. The van der Waals surface area contributed by atoms with Crippen molar-refractivity contribution in [1.82, 2.24) is 45.1 Å². The van der Waals surface area contributed by atoms with E-state index >= 15 is 0 Å². The largest absolute Gasteiger partial charge is 0.497 e. The molecule has 1 aliphatic heterocycles. The minimum Gasteiger partial charge on any atom is -0.497 e. The molecular formula is C35H44N12O3. The summed E-state index contributed by atoms with van der Waals surface area (Å²) in [5.41, 5.74) is 3.30. The van der Waals surface area contributed by atoms with Crippen LogP contribution in [-0.2, 0) is 13.1 Å². The number of aryl methyl sites for hydroxylation is 1. The van der Waals surface area contributed by atoms with E-state index in [2.05, 4.69) is 70.1 Å². The third-order valence-corrected chi connectivity index (χ3v) is 8.20. The summed E-state index contributed by atoms with van der Waals surface area (Å²) in [4.78, 5) is 36.2. The summed E-state index contributed by atoms with van der Waals surface area (Å²) in [5.74, 6) is 2.95. The van der Waals surface area contributed by atoms with Gasteiger partial charge in [0.25, 0.3) is 0 Å². The summed E-state index contributed by atoms with van der Waals surface area (Å²) in [6.07, 6.45) is 5.55.